The zero-order valence-electron chi connectivity index (χ0n) is 13.2. The molecular formula is C18H16O7. The van der Waals surface area contributed by atoms with E-state index >= 15 is 0 Å². The van der Waals surface area contributed by atoms with E-state index in [1.54, 1.807) is 6.08 Å². The van der Waals surface area contributed by atoms with Gasteiger partial charge in [-0.1, -0.05) is 6.08 Å². The highest BCUT2D eigenvalue weighted by Gasteiger charge is 2.18. The van der Waals surface area contributed by atoms with Gasteiger partial charge in [-0.05, 0) is 31.2 Å². The Kier molecular flexibility index (Phi) is 4.88. The second kappa shape index (κ2) is 6.88. The first-order valence-corrected chi connectivity index (χ1v) is 7.11. The Hall–Kier alpha value is -3.61. The molecule has 1 aromatic heterocycles. The van der Waals surface area contributed by atoms with E-state index < -0.39 is 28.4 Å². The zero-order chi connectivity index (χ0) is 18.7. The number of hydrogen-bond acceptors (Lipinski definition) is 7. The molecule has 0 aliphatic rings. The van der Waals surface area contributed by atoms with Gasteiger partial charge in [0.1, 0.15) is 5.58 Å². The van der Waals surface area contributed by atoms with Gasteiger partial charge in [0.25, 0.3) is 0 Å². The molecule has 0 radical (unpaired) electrons. The van der Waals surface area contributed by atoms with E-state index in [0.29, 0.717) is 0 Å². The molecule has 0 amide bonds. The second-order valence-electron chi connectivity index (χ2n) is 5.06. The van der Waals surface area contributed by atoms with Crippen LogP contribution >= 0.6 is 0 Å². The van der Waals surface area contributed by atoms with Crippen molar-refractivity contribution in [1.82, 2.24) is 0 Å². The van der Waals surface area contributed by atoms with E-state index in [-0.39, 0.29) is 28.0 Å². The molecule has 7 heteroatoms. The van der Waals surface area contributed by atoms with Gasteiger partial charge in [-0.3, -0.25) is 4.79 Å². The van der Waals surface area contributed by atoms with Crippen molar-refractivity contribution in [3.8, 4) is 40.1 Å². The van der Waals surface area contributed by atoms with Crippen LogP contribution in [0.4, 0.5) is 0 Å². The molecule has 7 nitrogen and oxygen atoms in total. The highest BCUT2D eigenvalue weighted by molar-refractivity contribution is 5.84. The van der Waals surface area contributed by atoms with Crippen LogP contribution in [0.25, 0.3) is 22.3 Å². The molecular weight excluding hydrogens is 328 g/mol. The normalized spacial score (nSPS) is 10.1. The van der Waals surface area contributed by atoms with Crippen molar-refractivity contribution >= 4 is 11.0 Å². The monoisotopic (exact) mass is 344 g/mol. The number of benzene rings is 2. The Balaban J connectivity index is 0.000000701. The van der Waals surface area contributed by atoms with Gasteiger partial charge in [0.05, 0.1) is 5.39 Å². The first-order chi connectivity index (χ1) is 11.8. The maximum atomic E-state index is 12.1. The first kappa shape index (κ1) is 17.7. The number of fused-ring (bicyclic) bond motifs is 1. The summed E-state index contributed by atoms with van der Waals surface area (Å²) in [6.45, 7) is 5.25. The molecule has 5 N–H and O–H groups in total. The molecule has 1 heterocycles. The Morgan fingerprint density at radius 2 is 1.48 bits per heavy atom. The van der Waals surface area contributed by atoms with Gasteiger partial charge in [0, 0.05) is 11.6 Å². The average Bonchev–Trinajstić information content (AvgIpc) is 2.56. The molecule has 130 valence electrons. The molecule has 3 rings (SSSR count). The molecule has 0 saturated carbocycles. The van der Waals surface area contributed by atoms with Crippen molar-refractivity contribution < 1.29 is 29.9 Å². The van der Waals surface area contributed by atoms with Crippen molar-refractivity contribution in [2.75, 3.05) is 0 Å². The van der Waals surface area contributed by atoms with Crippen LogP contribution in [0.2, 0.25) is 0 Å². The van der Waals surface area contributed by atoms with Crippen molar-refractivity contribution in [1.29, 1.82) is 0 Å². The van der Waals surface area contributed by atoms with Gasteiger partial charge < -0.3 is 29.9 Å². The fourth-order valence-electron chi connectivity index (χ4n) is 2.07. The largest absolute Gasteiger partial charge is 0.504 e. The summed E-state index contributed by atoms with van der Waals surface area (Å²) in [5.41, 5.74) is -0.709. The third-order valence-electron chi connectivity index (χ3n) is 3.20. The average molecular weight is 344 g/mol. The van der Waals surface area contributed by atoms with E-state index in [1.165, 1.54) is 12.1 Å². The lowest BCUT2D eigenvalue weighted by Crippen LogP contribution is -2.02. The van der Waals surface area contributed by atoms with E-state index in [0.717, 1.165) is 18.2 Å². The molecule has 0 unspecified atom stereocenters. The third kappa shape index (κ3) is 3.35. The standard InChI is InChI=1S/C15H10O7.C3H6/c16-8-2-1-6(3-9(8)17)15-14(21)13(20)7-4-10(18)11(19)5-12(7)22-15;1-3-2/h1-5,16-19,21H;3H,1H2,2H3. The highest BCUT2D eigenvalue weighted by atomic mass is 16.4. The summed E-state index contributed by atoms with van der Waals surface area (Å²) in [5.74, 6) is -2.78. The smallest absolute Gasteiger partial charge is 0.235 e. The number of allylic oxidation sites excluding steroid dienone is 1. The molecule has 0 spiro atoms. The SMILES string of the molecule is C=CC.O=c1c(O)c(-c2ccc(O)c(O)c2)oc2cc(O)c(O)cc12. The molecule has 0 bridgehead atoms. The van der Waals surface area contributed by atoms with E-state index in [2.05, 4.69) is 6.58 Å². The van der Waals surface area contributed by atoms with Crippen molar-refractivity contribution in [3.63, 3.8) is 0 Å². The number of aromatic hydroxyl groups is 5. The van der Waals surface area contributed by atoms with Gasteiger partial charge in [-0.15, -0.1) is 6.58 Å². The second-order valence-corrected chi connectivity index (χ2v) is 5.06. The first-order valence-electron chi connectivity index (χ1n) is 7.11. The summed E-state index contributed by atoms with van der Waals surface area (Å²) in [5, 5.41) is 47.5. The zero-order valence-corrected chi connectivity index (χ0v) is 13.2. The summed E-state index contributed by atoms with van der Waals surface area (Å²) in [7, 11) is 0. The van der Waals surface area contributed by atoms with Crippen LogP contribution in [0.3, 0.4) is 0 Å². The number of hydrogen-bond donors (Lipinski definition) is 5. The summed E-state index contributed by atoms with van der Waals surface area (Å²) in [6, 6.07) is 5.63. The molecule has 25 heavy (non-hydrogen) atoms. The van der Waals surface area contributed by atoms with Crippen molar-refractivity contribution in [3.05, 3.63) is 53.2 Å². The van der Waals surface area contributed by atoms with E-state index in [9.17, 15) is 30.3 Å². The minimum atomic E-state index is -0.806. The van der Waals surface area contributed by atoms with Crippen LogP contribution < -0.4 is 5.43 Å². The maximum Gasteiger partial charge on any atom is 0.235 e. The fourth-order valence-corrected chi connectivity index (χ4v) is 2.07. The number of phenolic OH excluding ortho intramolecular Hbond substituents is 4. The van der Waals surface area contributed by atoms with E-state index in [4.69, 9.17) is 4.42 Å². The fraction of sp³-hybridized carbons (Fsp3) is 0.0556. The van der Waals surface area contributed by atoms with Crippen LogP contribution in [0.15, 0.2) is 52.2 Å². The molecule has 2 aromatic carbocycles. The minimum absolute atomic E-state index is 0.0549. The maximum absolute atomic E-state index is 12.1. The Morgan fingerprint density at radius 3 is 2.08 bits per heavy atom. The summed E-state index contributed by atoms with van der Waals surface area (Å²) in [6.07, 6.45) is 1.75. The Bertz CT molecular complexity index is 1000. The predicted octanol–water partition coefficient (Wildman–Crippen LogP) is 3.18. The third-order valence-corrected chi connectivity index (χ3v) is 3.20. The van der Waals surface area contributed by atoms with Gasteiger partial charge in [0.15, 0.2) is 28.8 Å². The topological polar surface area (TPSA) is 131 Å². The van der Waals surface area contributed by atoms with Crippen molar-refractivity contribution in [2.45, 2.75) is 6.92 Å². The highest BCUT2D eigenvalue weighted by Crippen LogP contribution is 2.37. The summed E-state index contributed by atoms with van der Waals surface area (Å²) >= 11 is 0. The van der Waals surface area contributed by atoms with Crippen LogP contribution in [-0.2, 0) is 0 Å². The molecule has 0 saturated heterocycles. The lowest BCUT2D eigenvalue weighted by atomic mass is 10.1. The van der Waals surface area contributed by atoms with Gasteiger partial charge in [-0.2, -0.15) is 0 Å². The van der Waals surface area contributed by atoms with Gasteiger partial charge >= 0.3 is 0 Å². The van der Waals surface area contributed by atoms with Gasteiger partial charge in [0.2, 0.25) is 11.2 Å². The summed E-state index contributed by atoms with van der Waals surface area (Å²) < 4.78 is 5.38. The van der Waals surface area contributed by atoms with Crippen LogP contribution in [0.5, 0.6) is 28.7 Å². The summed E-state index contributed by atoms with van der Waals surface area (Å²) in [4.78, 5) is 12.1. The Labute approximate surface area is 142 Å². The van der Waals surface area contributed by atoms with Gasteiger partial charge in [-0.25, -0.2) is 0 Å². The Morgan fingerprint density at radius 1 is 0.920 bits per heavy atom. The van der Waals surface area contributed by atoms with Crippen LogP contribution in [0, 0.1) is 0 Å². The van der Waals surface area contributed by atoms with Crippen LogP contribution in [0.1, 0.15) is 6.92 Å². The minimum Gasteiger partial charge on any atom is -0.504 e. The molecule has 0 fully saturated rings. The molecule has 0 aliphatic heterocycles. The lowest BCUT2D eigenvalue weighted by Gasteiger charge is -2.08. The molecule has 0 atom stereocenters. The van der Waals surface area contributed by atoms with Crippen LogP contribution in [-0.4, -0.2) is 25.5 Å². The molecule has 0 aliphatic carbocycles. The predicted molar refractivity (Wildman–Crippen MR) is 92.1 cm³/mol. The van der Waals surface area contributed by atoms with E-state index in [1.807, 2.05) is 6.92 Å². The lowest BCUT2D eigenvalue weighted by molar-refractivity contribution is 0.402. The number of rotatable bonds is 1. The molecule has 3 aromatic rings. The quantitative estimate of drug-likeness (QED) is 0.338. The van der Waals surface area contributed by atoms with Crippen molar-refractivity contribution in [2.24, 2.45) is 0 Å². The number of phenols is 4.